The number of anilines is 1. The van der Waals surface area contributed by atoms with Crippen LogP contribution in [0.1, 0.15) is 21.5 Å². The fourth-order valence-electron chi connectivity index (χ4n) is 2.47. The van der Waals surface area contributed by atoms with Gasteiger partial charge in [-0.3, -0.25) is 4.79 Å². The molecule has 0 aromatic heterocycles. The number of hydrogen-bond acceptors (Lipinski definition) is 3. The van der Waals surface area contributed by atoms with Crippen LogP contribution < -0.4 is 5.73 Å². The number of thioether (sulfide) groups is 1. The van der Waals surface area contributed by atoms with Crippen molar-refractivity contribution in [2.24, 2.45) is 0 Å². The summed E-state index contributed by atoms with van der Waals surface area (Å²) < 4.78 is 0. The summed E-state index contributed by atoms with van der Waals surface area (Å²) in [6.45, 7) is 1.31. The molecule has 0 saturated heterocycles. The summed E-state index contributed by atoms with van der Waals surface area (Å²) in [6.07, 6.45) is 2.03. The van der Waals surface area contributed by atoms with Gasteiger partial charge in [0.05, 0.1) is 0 Å². The molecule has 1 amide bonds. The van der Waals surface area contributed by atoms with E-state index in [1.54, 1.807) is 11.8 Å². The van der Waals surface area contributed by atoms with Gasteiger partial charge in [0.25, 0.3) is 5.91 Å². The van der Waals surface area contributed by atoms with E-state index in [0.717, 1.165) is 16.8 Å². The van der Waals surface area contributed by atoms with Crippen LogP contribution in [0, 0.1) is 0 Å². The average molecular weight is 284 g/mol. The van der Waals surface area contributed by atoms with Gasteiger partial charge in [0.2, 0.25) is 0 Å². The van der Waals surface area contributed by atoms with Crippen molar-refractivity contribution >= 4 is 23.4 Å². The third-order valence-electron chi connectivity index (χ3n) is 3.58. The second-order valence-electron chi connectivity index (χ2n) is 4.92. The Morgan fingerprint density at radius 1 is 1.10 bits per heavy atom. The first-order chi connectivity index (χ1) is 9.67. The minimum Gasteiger partial charge on any atom is -0.399 e. The number of amides is 1. The summed E-state index contributed by atoms with van der Waals surface area (Å²) >= 11 is 1.67. The molecule has 3 nitrogen and oxygen atoms in total. The normalized spacial score (nSPS) is 13.3. The third-order valence-corrected chi connectivity index (χ3v) is 4.32. The van der Waals surface area contributed by atoms with Gasteiger partial charge in [-0.2, -0.15) is 0 Å². The van der Waals surface area contributed by atoms with Crippen molar-refractivity contribution in [3.8, 4) is 0 Å². The van der Waals surface area contributed by atoms with E-state index in [2.05, 4.69) is 0 Å². The van der Waals surface area contributed by atoms with Crippen molar-refractivity contribution in [2.45, 2.75) is 18.0 Å². The SMILES string of the molecule is CSc1ccc(C(=O)N2Cc3ccc(N)cc3C2)cc1. The lowest BCUT2D eigenvalue weighted by atomic mass is 10.1. The second kappa shape index (κ2) is 5.21. The van der Waals surface area contributed by atoms with Crippen LogP contribution >= 0.6 is 11.8 Å². The van der Waals surface area contributed by atoms with Gasteiger partial charge in [0, 0.05) is 29.2 Å². The monoisotopic (exact) mass is 284 g/mol. The van der Waals surface area contributed by atoms with Gasteiger partial charge in [0.15, 0.2) is 0 Å². The number of fused-ring (bicyclic) bond motifs is 1. The van der Waals surface area contributed by atoms with Crippen molar-refractivity contribution < 1.29 is 4.79 Å². The second-order valence-corrected chi connectivity index (χ2v) is 5.80. The van der Waals surface area contributed by atoms with Gasteiger partial charge in [-0.05, 0) is 53.8 Å². The van der Waals surface area contributed by atoms with Gasteiger partial charge < -0.3 is 10.6 Å². The van der Waals surface area contributed by atoms with Crippen molar-refractivity contribution in [1.29, 1.82) is 0 Å². The molecular formula is C16H16N2OS. The van der Waals surface area contributed by atoms with Crippen molar-refractivity contribution in [3.63, 3.8) is 0 Å². The van der Waals surface area contributed by atoms with E-state index < -0.39 is 0 Å². The Bertz CT molecular complexity index is 652. The molecule has 0 aliphatic carbocycles. The first-order valence-electron chi connectivity index (χ1n) is 6.48. The molecule has 1 heterocycles. The van der Waals surface area contributed by atoms with Gasteiger partial charge in [-0.1, -0.05) is 6.07 Å². The number of hydrogen-bond donors (Lipinski definition) is 1. The maximum atomic E-state index is 12.5. The first kappa shape index (κ1) is 13.1. The molecule has 2 aromatic rings. The van der Waals surface area contributed by atoms with Gasteiger partial charge in [-0.15, -0.1) is 11.8 Å². The zero-order valence-corrected chi connectivity index (χ0v) is 12.1. The molecule has 102 valence electrons. The van der Waals surface area contributed by atoms with Crippen LogP contribution in [0.25, 0.3) is 0 Å². The predicted octanol–water partition coefficient (Wildman–Crippen LogP) is 3.15. The van der Waals surface area contributed by atoms with Gasteiger partial charge in [-0.25, -0.2) is 0 Å². The number of nitrogens with two attached hydrogens (primary N) is 1. The molecule has 0 bridgehead atoms. The summed E-state index contributed by atoms with van der Waals surface area (Å²) in [5, 5.41) is 0. The predicted molar refractivity (Wildman–Crippen MR) is 82.7 cm³/mol. The van der Waals surface area contributed by atoms with Crippen LogP contribution in [0.15, 0.2) is 47.4 Å². The van der Waals surface area contributed by atoms with Gasteiger partial charge >= 0.3 is 0 Å². The molecule has 1 aliphatic rings. The quantitative estimate of drug-likeness (QED) is 0.680. The summed E-state index contributed by atoms with van der Waals surface area (Å²) in [6, 6.07) is 13.6. The van der Waals surface area contributed by atoms with Crippen LogP contribution in [0.3, 0.4) is 0 Å². The third kappa shape index (κ3) is 2.39. The van der Waals surface area contributed by atoms with E-state index in [1.807, 2.05) is 53.6 Å². The highest BCUT2D eigenvalue weighted by molar-refractivity contribution is 7.98. The fourth-order valence-corrected chi connectivity index (χ4v) is 2.88. The van der Waals surface area contributed by atoms with E-state index in [4.69, 9.17) is 5.73 Å². The topological polar surface area (TPSA) is 46.3 Å². The summed E-state index contributed by atoms with van der Waals surface area (Å²) in [5.74, 6) is 0.0763. The van der Waals surface area contributed by atoms with Crippen molar-refractivity contribution in [1.82, 2.24) is 4.90 Å². The van der Waals surface area contributed by atoms with Crippen LogP contribution in [0.2, 0.25) is 0 Å². The Kier molecular flexibility index (Phi) is 3.40. The highest BCUT2D eigenvalue weighted by Crippen LogP contribution is 2.26. The smallest absolute Gasteiger partial charge is 0.254 e. The zero-order chi connectivity index (χ0) is 14.1. The minimum atomic E-state index is 0.0763. The van der Waals surface area contributed by atoms with E-state index >= 15 is 0 Å². The maximum absolute atomic E-state index is 12.5. The molecule has 4 heteroatoms. The molecule has 0 fully saturated rings. The largest absolute Gasteiger partial charge is 0.399 e. The molecule has 0 spiro atoms. The number of nitrogens with zero attached hydrogens (tertiary/aromatic N) is 1. The lowest BCUT2D eigenvalue weighted by Crippen LogP contribution is -2.25. The summed E-state index contributed by atoms with van der Waals surface area (Å²) in [4.78, 5) is 15.5. The van der Waals surface area contributed by atoms with E-state index in [1.165, 1.54) is 10.5 Å². The van der Waals surface area contributed by atoms with Gasteiger partial charge in [0.1, 0.15) is 0 Å². The first-order valence-corrected chi connectivity index (χ1v) is 7.70. The molecule has 0 atom stereocenters. The molecule has 3 rings (SSSR count). The lowest BCUT2D eigenvalue weighted by molar-refractivity contribution is 0.0751. The fraction of sp³-hybridized carbons (Fsp3) is 0.188. The maximum Gasteiger partial charge on any atom is 0.254 e. The Labute approximate surface area is 122 Å². The molecule has 0 radical (unpaired) electrons. The highest BCUT2D eigenvalue weighted by atomic mass is 32.2. The van der Waals surface area contributed by atoms with Crippen molar-refractivity contribution in [3.05, 3.63) is 59.2 Å². The van der Waals surface area contributed by atoms with Crippen LogP contribution in [-0.2, 0) is 13.1 Å². The number of nitrogen functional groups attached to an aromatic ring is 1. The summed E-state index contributed by atoms with van der Waals surface area (Å²) in [7, 11) is 0. The zero-order valence-electron chi connectivity index (χ0n) is 11.3. The molecule has 2 aromatic carbocycles. The van der Waals surface area contributed by atoms with Crippen LogP contribution in [-0.4, -0.2) is 17.1 Å². The Morgan fingerprint density at radius 3 is 2.50 bits per heavy atom. The lowest BCUT2D eigenvalue weighted by Gasteiger charge is -2.15. The molecule has 2 N–H and O–H groups in total. The van der Waals surface area contributed by atoms with E-state index in [9.17, 15) is 4.79 Å². The molecule has 0 unspecified atom stereocenters. The van der Waals surface area contributed by atoms with E-state index in [0.29, 0.717) is 13.1 Å². The molecule has 0 saturated carbocycles. The Morgan fingerprint density at radius 2 is 1.80 bits per heavy atom. The number of rotatable bonds is 2. The van der Waals surface area contributed by atoms with Crippen LogP contribution in [0.4, 0.5) is 5.69 Å². The standard InChI is InChI=1S/C16H16N2OS/c1-20-15-6-3-11(4-7-15)16(19)18-9-12-2-5-14(17)8-13(12)10-18/h2-8H,9-10,17H2,1H3. The molecule has 1 aliphatic heterocycles. The summed E-state index contributed by atoms with van der Waals surface area (Å²) in [5.41, 5.74) is 9.62. The van der Waals surface area contributed by atoms with E-state index in [-0.39, 0.29) is 5.91 Å². The average Bonchev–Trinajstić information content (AvgIpc) is 2.89. The van der Waals surface area contributed by atoms with Crippen molar-refractivity contribution in [2.75, 3.05) is 12.0 Å². The van der Waals surface area contributed by atoms with Crippen LogP contribution in [0.5, 0.6) is 0 Å². The Hall–Kier alpha value is -1.94. The molecular weight excluding hydrogens is 268 g/mol. The highest BCUT2D eigenvalue weighted by Gasteiger charge is 2.24. The number of carbonyl (C=O) groups excluding carboxylic acids is 1. The molecule has 20 heavy (non-hydrogen) atoms. The minimum absolute atomic E-state index is 0.0763. The number of carbonyl (C=O) groups is 1. The number of benzene rings is 2. The Balaban J connectivity index is 1.79.